The van der Waals surface area contributed by atoms with Crippen LogP contribution in [0.3, 0.4) is 0 Å². The zero-order valence-corrected chi connectivity index (χ0v) is 13.1. The van der Waals surface area contributed by atoms with Crippen molar-refractivity contribution >= 4 is 28.7 Å². The number of Topliss-reactive ketones (excluding diaryl/α,β-unsaturated/α-hetero) is 1. The fraction of sp³-hybridized carbons (Fsp3) is 0.267. The largest absolute Gasteiger partial charge is 0.483 e. The fourth-order valence-electron chi connectivity index (χ4n) is 2.36. The molecule has 120 valence electrons. The molecule has 0 N–H and O–H groups in total. The third-order valence-electron chi connectivity index (χ3n) is 3.38. The highest BCUT2D eigenvalue weighted by atomic mass is 32.1. The van der Waals surface area contributed by atoms with Crippen LogP contribution in [0.25, 0.3) is 0 Å². The summed E-state index contributed by atoms with van der Waals surface area (Å²) >= 11 is 1.36. The molecule has 0 fully saturated rings. The lowest BCUT2D eigenvalue weighted by molar-refractivity contribution is -0.193. The number of carbonyl (C=O) groups is 2. The van der Waals surface area contributed by atoms with Crippen molar-refractivity contribution in [1.29, 1.82) is 0 Å². The van der Waals surface area contributed by atoms with E-state index in [0.29, 0.717) is 5.69 Å². The van der Waals surface area contributed by atoms with Crippen molar-refractivity contribution in [2.24, 2.45) is 0 Å². The van der Waals surface area contributed by atoms with Crippen LogP contribution in [0, 0.1) is 6.92 Å². The van der Waals surface area contributed by atoms with Crippen molar-refractivity contribution in [1.82, 2.24) is 4.98 Å². The number of benzene rings is 1. The average Bonchev–Trinajstić information content (AvgIpc) is 2.88. The fourth-order valence-corrected chi connectivity index (χ4v) is 2.96. The highest BCUT2D eigenvalue weighted by Gasteiger charge is 2.51. The first-order valence-corrected chi connectivity index (χ1v) is 7.61. The highest BCUT2D eigenvalue weighted by molar-refractivity contribution is 7.09. The van der Waals surface area contributed by atoms with Gasteiger partial charge in [0.25, 0.3) is 0 Å². The summed E-state index contributed by atoms with van der Waals surface area (Å²) in [5, 5.41) is 2.47. The number of aryl methyl sites for hydroxylation is 1. The Balaban J connectivity index is 2.10. The number of nitrogens with zero attached hydrogens (tertiary/aromatic N) is 2. The Morgan fingerprint density at radius 1 is 1.43 bits per heavy atom. The first kappa shape index (κ1) is 15.5. The van der Waals surface area contributed by atoms with E-state index in [1.165, 1.54) is 36.5 Å². The molecule has 8 heteroatoms. The van der Waals surface area contributed by atoms with Crippen LogP contribution < -0.4 is 9.64 Å². The van der Waals surface area contributed by atoms with Gasteiger partial charge in [0.05, 0.1) is 28.5 Å². The molecular weight excluding hydrogens is 326 g/mol. The minimum atomic E-state index is -4.02. The Hall–Kier alpha value is -2.35. The van der Waals surface area contributed by atoms with E-state index in [9.17, 15) is 18.4 Å². The van der Waals surface area contributed by atoms with Gasteiger partial charge in [-0.2, -0.15) is 8.78 Å². The first-order valence-electron chi connectivity index (χ1n) is 6.73. The molecule has 0 bridgehead atoms. The number of halogens is 2. The molecule has 1 aromatic carbocycles. The zero-order chi connectivity index (χ0) is 16.8. The molecule has 0 aliphatic carbocycles. The lowest BCUT2D eigenvalue weighted by atomic mass is 10.1. The predicted octanol–water partition coefficient (Wildman–Crippen LogP) is 3.17. The van der Waals surface area contributed by atoms with Crippen LogP contribution in [0.4, 0.5) is 14.5 Å². The van der Waals surface area contributed by atoms with Gasteiger partial charge in [-0.3, -0.25) is 14.5 Å². The molecule has 3 rings (SSSR count). The van der Waals surface area contributed by atoms with E-state index in [1.807, 2.05) is 0 Å². The number of alkyl halides is 2. The molecule has 0 atom stereocenters. The first-order chi connectivity index (χ1) is 10.8. The summed E-state index contributed by atoms with van der Waals surface area (Å²) in [6.07, 6.45) is -4.02. The number of thiazole rings is 1. The average molecular weight is 338 g/mol. The molecule has 1 aromatic heterocycles. The van der Waals surface area contributed by atoms with Crippen molar-refractivity contribution in [2.45, 2.75) is 26.5 Å². The van der Waals surface area contributed by atoms with E-state index in [0.717, 1.165) is 9.91 Å². The molecule has 23 heavy (non-hydrogen) atoms. The molecule has 2 heterocycles. The maximum absolute atomic E-state index is 13.9. The third kappa shape index (κ3) is 2.70. The third-order valence-corrected chi connectivity index (χ3v) is 4.20. The van der Waals surface area contributed by atoms with Crippen molar-refractivity contribution in [3.05, 3.63) is 39.8 Å². The molecule has 0 unspecified atom stereocenters. The van der Waals surface area contributed by atoms with Crippen LogP contribution in [0.15, 0.2) is 23.6 Å². The number of para-hydroxylation sites is 1. The second-order valence-corrected chi connectivity index (χ2v) is 6.14. The van der Waals surface area contributed by atoms with Crippen LogP contribution >= 0.6 is 11.3 Å². The molecule has 1 aliphatic heterocycles. The smallest absolute Gasteiger partial charge is 0.422 e. The maximum atomic E-state index is 13.9. The van der Waals surface area contributed by atoms with E-state index in [4.69, 9.17) is 0 Å². The SMILES string of the molecule is CC(=O)c1cccc2c1OC(F)(F)C(=O)N2Cc1csc(C)n1. The summed E-state index contributed by atoms with van der Waals surface area (Å²) in [7, 11) is 0. The van der Waals surface area contributed by atoms with E-state index < -0.39 is 17.8 Å². The van der Waals surface area contributed by atoms with Gasteiger partial charge in [-0.05, 0) is 26.0 Å². The molecule has 1 aliphatic rings. The molecule has 0 saturated heterocycles. The van der Waals surface area contributed by atoms with Gasteiger partial charge in [0.1, 0.15) is 0 Å². The number of hydrogen-bond donors (Lipinski definition) is 0. The highest BCUT2D eigenvalue weighted by Crippen LogP contribution is 2.42. The Labute approximate surface area is 134 Å². The minimum absolute atomic E-state index is 0.00846. The number of ketones is 1. The van der Waals surface area contributed by atoms with Gasteiger partial charge in [0.2, 0.25) is 0 Å². The number of carbonyl (C=O) groups excluding carboxylic acids is 2. The Morgan fingerprint density at radius 2 is 2.17 bits per heavy atom. The molecule has 2 aromatic rings. The minimum Gasteiger partial charge on any atom is -0.422 e. The van der Waals surface area contributed by atoms with Crippen LogP contribution in [-0.4, -0.2) is 22.8 Å². The van der Waals surface area contributed by atoms with Crippen LogP contribution in [0.2, 0.25) is 0 Å². The van der Waals surface area contributed by atoms with Gasteiger partial charge in [0, 0.05) is 5.38 Å². The summed E-state index contributed by atoms with van der Waals surface area (Å²) in [4.78, 5) is 28.8. The monoisotopic (exact) mass is 338 g/mol. The lowest BCUT2D eigenvalue weighted by Crippen LogP contribution is -2.50. The lowest BCUT2D eigenvalue weighted by Gasteiger charge is -2.33. The standard InChI is InChI=1S/C15H12F2N2O3S/c1-8(20)11-4-3-5-12-13(11)22-15(16,17)14(21)19(12)6-10-7-23-9(2)18-10/h3-5,7H,6H2,1-2H3. The molecule has 0 saturated carbocycles. The van der Waals surface area contributed by atoms with Gasteiger partial charge in [-0.15, -0.1) is 11.3 Å². The summed E-state index contributed by atoms with van der Waals surface area (Å²) < 4.78 is 32.4. The van der Waals surface area contributed by atoms with Crippen molar-refractivity contribution in [3.8, 4) is 5.75 Å². The van der Waals surface area contributed by atoms with Crippen molar-refractivity contribution in [2.75, 3.05) is 4.90 Å². The molecule has 0 spiro atoms. The Bertz CT molecular complexity index is 804. The van der Waals surface area contributed by atoms with Crippen LogP contribution in [0.1, 0.15) is 28.0 Å². The normalized spacial score (nSPS) is 16.0. The second-order valence-electron chi connectivity index (χ2n) is 5.08. The number of amides is 1. The van der Waals surface area contributed by atoms with Crippen LogP contribution in [-0.2, 0) is 11.3 Å². The van der Waals surface area contributed by atoms with Crippen molar-refractivity contribution < 1.29 is 23.1 Å². The number of aromatic nitrogens is 1. The van der Waals surface area contributed by atoms with E-state index >= 15 is 0 Å². The summed E-state index contributed by atoms with van der Waals surface area (Å²) in [5.74, 6) is -2.18. The molecule has 1 amide bonds. The second kappa shape index (κ2) is 5.38. The summed E-state index contributed by atoms with van der Waals surface area (Å²) in [6, 6.07) is 4.38. The van der Waals surface area contributed by atoms with E-state index in [1.54, 1.807) is 12.3 Å². The number of hydrogen-bond acceptors (Lipinski definition) is 5. The summed E-state index contributed by atoms with van der Waals surface area (Å²) in [6.45, 7) is 2.92. The number of fused-ring (bicyclic) bond motifs is 1. The van der Waals surface area contributed by atoms with Gasteiger partial charge in [-0.1, -0.05) is 6.07 Å². The van der Waals surface area contributed by atoms with Gasteiger partial charge in [-0.25, -0.2) is 4.98 Å². The number of ether oxygens (including phenoxy) is 1. The maximum Gasteiger partial charge on any atom is 0.483 e. The van der Waals surface area contributed by atoms with Crippen LogP contribution in [0.5, 0.6) is 5.75 Å². The Kier molecular flexibility index (Phi) is 3.63. The molecule has 5 nitrogen and oxygen atoms in total. The number of rotatable bonds is 3. The van der Waals surface area contributed by atoms with Gasteiger partial charge in [0.15, 0.2) is 11.5 Å². The topological polar surface area (TPSA) is 59.5 Å². The zero-order valence-electron chi connectivity index (χ0n) is 12.3. The van der Waals surface area contributed by atoms with E-state index in [2.05, 4.69) is 9.72 Å². The number of anilines is 1. The van der Waals surface area contributed by atoms with Gasteiger partial charge >= 0.3 is 12.0 Å². The molecule has 0 radical (unpaired) electrons. The molecular formula is C15H12F2N2O3S. The predicted molar refractivity (Wildman–Crippen MR) is 80.1 cm³/mol. The summed E-state index contributed by atoms with van der Waals surface area (Å²) in [5.41, 5.74) is 0.645. The van der Waals surface area contributed by atoms with Crippen molar-refractivity contribution in [3.63, 3.8) is 0 Å². The quantitative estimate of drug-likeness (QED) is 0.807. The van der Waals surface area contributed by atoms with Gasteiger partial charge < -0.3 is 4.74 Å². The Morgan fingerprint density at radius 3 is 2.78 bits per heavy atom. The van der Waals surface area contributed by atoms with E-state index in [-0.39, 0.29) is 23.5 Å².